The van der Waals surface area contributed by atoms with E-state index in [2.05, 4.69) is 48.1 Å². The number of nitrogens with zero attached hydrogens (tertiary/aromatic N) is 1. The summed E-state index contributed by atoms with van der Waals surface area (Å²) in [5.41, 5.74) is 6.82. The van der Waals surface area contributed by atoms with Crippen molar-refractivity contribution in [3.8, 4) is 0 Å². The molecule has 0 saturated carbocycles. The van der Waals surface area contributed by atoms with E-state index in [1.807, 2.05) is 0 Å². The summed E-state index contributed by atoms with van der Waals surface area (Å²) >= 11 is 0. The first-order valence-corrected chi connectivity index (χ1v) is 7.16. The number of hydrogen-bond acceptors (Lipinski definition) is 2. The van der Waals surface area contributed by atoms with Crippen LogP contribution in [0.4, 0.5) is 0 Å². The monoisotopic (exact) mass is 257 g/mol. The fraction of sp³-hybridized carbons (Fsp3) is 0.500. The van der Waals surface area contributed by atoms with Crippen LogP contribution in [0.15, 0.2) is 12.1 Å². The molecule has 0 amide bonds. The second-order valence-corrected chi connectivity index (χ2v) is 5.76. The van der Waals surface area contributed by atoms with Crippen LogP contribution < -0.4 is 5.32 Å². The van der Waals surface area contributed by atoms with Crippen LogP contribution in [0.3, 0.4) is 0 Å². The molecule has 2 aromatic rings. The van der Waals surface area contributed by atoms with Crippen LogP contribution >= 0.6 is 0 Å². The van der Waals surface area contributed by atoms with Crippen molar-refractivity contribution in [1.29, 1.82) is 0 Å². The highest BCUT2D eigenvalue weighted by molar-refractivity contribution is 5.88. The summed E-state index contributed by atoms with van der Waals surface area (Å²) in [5, 5.41) is 4.85. The third-order valence-electron chi connectivity index (χ3n) is 4.15. The molecule has 0 unspecified atom stereocenters. The molecule has 0 radical (unpaired) electrons. The van der Waals surface area contributed by atoms with Crippen molar-refractivity contribution < 1.29 is 0 Å². The van der Waals surface area contributed by atoms with E-state index in [9.17, 15) is 0 Å². The van der Waals surface area contributed by atoms with Crippen LogP contribution in [0.5, 0.6) is 0 Å². The normalized spacial score (nSPS) is 17.2. The van der Waals surface area contributed by atoms with Gasteiger partial charge in [0, 0.05) is 49.3 Å². The van der Waals surface area contributed by atoms with Crippen molar-refractivity contribution in [3.63, 3.8) is 0 Å². The van der Waals surface area contributed by atoms with Crippen LogP contribution in [0.2, 0.25) is 0 Å². The van der Waals surface area contributed by atoms with Gasteiger partial charge in [0.05, 0.1) is 0 Å². The van der Waals surface area contributed by atoms with Crippen molar-refractivity contribution >= 4 is 10.9 Å². The zero-order valence-corrected chi connectivity index (χ0v) is 12.1. The van der Waals surface area contributed by atoms with Gasteiger partial charge in [0.2, 0.25) is 0 Å². The van der Waals surface area contributed by atoms with Crippen LogP contribution in [0.1, 0.15) is 22.4 Å². The van der Waals surface area contributed by atoms with E-state index in [-0.39, 0.29) is 0 Å². The Morgan fingerprint density at radius 2 is 1.84 bits per heavy atom. The number of benzene rings is 1. The molecule has 0 spiro atoms. The average Bonchev–Trinajstić information content (AvgIpc) is 2.67. The molecule has 0 bridgehead atoms. The third-order valence-corrected chi connectivity index (χ3v) is 4.15. The van der Waals surface area contributed by atoms with Gasteiger partial charge in [0.25, 0.3) is 0 Å². The molecule has 2 heterocycles. The highest BCUT2D eigenvalue weighted by Gasteiger charge is 2.16. The molecule has 3 heteroatoms. The van der Waals surface area contributed by atoms with E-state index in [4.69, 9.17) is 0 Å². The maximum absolute atomic E-state index is 3.56. The minimum absolute atomic E-state index is 1.07. The molecule has 0 atom stereocenters. The summed E-state index contributed by atoms with van der Waals surface area (Å²) in [6, 6.07) is 4.55. The summed E-state index contributed by atoms with van der Waals surface area (Å²) in [4.78, 5) is 6.10. The lowest BCUT2D eigenvalue weighted by Crippen LogP contribution is -2.42. The standard InChI is InChI=1S/C16H23N3/c1-11-8-12(2)16-14(13(3)18-15(16)9-11)10-19-6-4-17-5-7-19/h8-9,17-18H,4-7,10H2,1-3H3. The molecule has 0 aliphatic carbocycles. The van der Waals surface area contributed by atoms with Crippen LogP contribution in [0, 0.1) is 20.8 Å². The molecular formula is C16H23N3. The van der Waals surface area contributed by atoms with E-state index in [1.165, 1.54) is 33.3 Å². The number of aromatic amines is 1. The summed E-state index contributed by atoms with van der Waals surface area (Å²) < 4.78 is 0. The first-order valence-electron chi connectivity index (χ1n) is 7.16. The van der Waals surface area contributed by atoms with Gasteiger partial charge in [-0.3, -0.25) is 4.90 Å². The van der Waals surface area contributed by atoms with Crippen LogP contribution in [-0.2, 0) is 6.54 Å². The molecular weight excluding hydrogens is 234 g/mol. The second-order valence-electron chi connectivity index (χ2n) is 5.76. The Hall–Kier alpha value is -1.32. The van der Waals surface area contributed by atoms with Crippen molar-refractivity contribution in [1.82, 2.24) is 15.2 Å². The van der Waals surface area contributed by atoms with Gasteiger partial charge in [-0.05, 0) is 43.5 Å². The van der Waals surface area contributed by atoms with Gasteiger partial charge < -0.3 is 10.3 Å². The predicted molar refractivity (Wildman–Crippen MR) is 80.7 cm³/mol. The van der Waals surface area contributed by atoms with Crippen molar-refractivity contribution in [2.24, 2.45) is 0 Å². The first-order chi connectivity index (χ1) is 9.15. The Kier molecular flexibility index (Phi) is 3.33. The zero-order valence-electron chi connectivity index (χ0n) is 12.1. The third kappa shape index (κ3) is 2.40. The summed E-state index contributed by atoms with van der Waals surface area (Å²) in [5.74, 6) is 0. The van der Waals surface area contributed by atoms with E-state index >= 15 is 0 Å². The Labute approximate surface area is 115 Å². The molecule has 1 aliphatic rings. The SMILES string of the molecule is Cc1cc(C)c2c(CN3CCNCC3)c(C)[nH]c2c1. The van der Waals surface area contributed by atoms with E-state index in [0.717, 1.165) is 32.7 Å². The van der Waals surface area contributed by atoms with Gasteiger partial charge in [-0.2, -0.15) is 0 Å². The maximum Gasteiger partial charge on any atom is 0.0464 e. The van der Waals surface area contributed by atoms with E-state index < -0.39 is 0 Å². The van der Waals surface area contributed by atoms with Crippen LogP contribution in [-0.4, -0.2) is 36.1 Å². The minimum Gasteiger partial charge on any atom is -0.358 e. The topological polar surface area (TPSA) is 31.1 Å². The number of nitrogens with one attached hydrogen (secondary N) is 2. The molecule has 19 heavy (non-hydrogen) atoms. The fourth-order valence-electron chi connectivity index (χ4n) is 3.22. The Bertz CT molecular complexity index is 592. The smallest absolute Gasteiger partial charge is 0.0464 e. The van der Waals surface area contributed by atoms with Gasteiger partial charge in [-0.1, -0.05) is 6.07 Å². The van der Waals surface area contributed by atoms with Gasteiger partial charge in [-0.25, -0.2) is 0 Å². The predicted octanol–water partition coefficient (Wildman–Crippen LogP) is 2.50. The Morgan fingerprint density at radius 1 is 1.11 bits per heavy atom. The number of rotatable bonds is 2. The number of hydrogen-bond donors (Lipinski definition) is 2. The van der Waals surface area contributed by atoms with E-state index in [1.54, 1.807) is 0 Å². The lowest BCUT2D eigenvalue weighted by atomic mass is 10.0. The average molecular weight is 257 g/mol. The summed E-state index contributed by atoms with van der Waals surface area (Å²) in [6.45, 7) is 12.2. The molecule has 1 saturated heterocycles. The highest BCUT2D eigenvalue weighted by Crippen LogP contribution is 2.28. The molecule has 3 rings (SSSR count). The molecule has 102 valence electrons. The van der Waals surface area contributed by atoms with Crippen molar-refractivity contribution in [3.05, 3.63) is 34.5 Å². The van der Waals surface area contributed by atoms with Gasteiger partial charge in [-0.15, -0.1) is 0 Å². The first kappa shape index (κ1) is 12.7. The van der Waals surface area contributed by atoms with Gasteiger partial charge in [0.15, 0.2) is 0 Å². The number of aryl methyl sites for hydroxylation is 3. The summed E-state index contributed by atoms with van der Waals surface area (Å²) in [7, 11) is 0. The molecule has 1 aromatic heterocycles. The quantitative estimate of drug-likeness (QED) is 0.866. The minimum atomic E-state index is 1.07. The van der Waals surface area contributed by atoms with E-state index in [0.29, 0.717) is 0 Å². The number of aromatic nitrogens is 1. The van der Waals surface area contributed by atoms with Gasteiger partial charge >= 0.3 is 0 Å². The zero-order chi connectivity index (χ0) is 13.4. The molecule has 1 aromatic carbocycles. The Balaban J connectivity index is 2.00. The number of piperazine rings is 1. The van der Waals surface area contributed by atoms with Crippen molar-refractivity contribution in [2.75, 3.05) is 26.2 Å². The maximum atomic E-state index is 3.56. The molecule has 1 fully saturated rings. The Morgan fingerprint density at radius 3 is 2.58 bits per heavy atom. The van der Waals surface area contributed by atoms with Crippen LogP contribution in [0.25, 0.3) is 10.9 Å². The molecule has 1 aliphatic heterocycles. The fourth-order valence-corrected chi connectivity index (χ4v) is 3.22. The lowest BCUT2D eigenvalue weighted by Gasteiger charge is -2.27. The summed E-state index contributed by atoms with van der Waals surface area (Å²) in [6.07, 6.45) is 0. The molecule has 3 nitrogen and oxygen atoms in total. The molecule has 2 N–H and O–H groups in total. The second kappa shape index (κ2) is 4.99. The van der Waals surface area contributed by atoms with Crippen molar-refractivity contribution in [2.45, 2.75) is 27.3 Å². The lowest BCUT2D eigenvalue weighted by molar-refractivity contribution is 0.233. The van der Waals surface area contributed by atoms with Gasteiger partial charge in [0.1, 0.15) is 0 Å². The number of H-pyrrole nitrogens is 1. The highest BCUT2D eigenvalue weighted by atomic mass is 15.2. The number of fused-ring (bicyclic) bond motifs is 1. The largest absolute Gasteiger partial charge is 0.358 e.